The second-order valence-corrected chi connectivity index (χ2v) is 11.1. The Labute approximate surface area is 208 Å². The second kappa shape index (κ2) is 11.2. The quantitative estimate of drug-likeness (QED) is 0.285. The molecule has 0 aliphatic heterocycles. The van der Waals surface area contributed by atoms with E-state index in [0.717, 1.165) is 24.7 Å². The van der Waals surface area contributed by atoms with Gasteiger partial charge in [-0.1, -0.05) is 98.3 Å². The topological polar surface area (TPSA) is 0 Å². The fourth-order valence-electron chi connectivity index (χ4n) is 5.58. The van der Waals surface area contributed by atoms with Crippen LogP contribution in [0.1, 0.15) is 79.3 Å². The van der Waals surface area contributed by atoms with Gasteiger partial charge in [0.2, 0.25) is 0 Å². The van der Waals surface area contributed by atoms with Crippen LogP contribution in [-0.4, -0.2) is 0 Å². The minimum absolute atomic E-state index is 0.0106. The van der Waals surface area contributed by atoms with Gasteiger partial charge in [-0.05, 0) is 97.9 Å². The molecule has 34 heavy (non-hydrogen) atoms. The zero-order valence-corrected chi connectivity index (χ0v) is 21.5. The molecule has 1 aliphatic rings. The smallest absolute Gasteiger partial charge is 0.0146 e. The maximum atomic E-state index is 3.98. The highest BCUT2D eigenvalue weighted by atomic mass is 14.3. The summed E-state index contributed by atoms with van der Waals surface area (Å²) in [6.07, 6.45) is 12.3. The van der Waals surface area contributed by atoms with E-state index in [9.17, 15) is 0 Å². The summed E-state index contributed by atoms with van der Waals surface area (Å²) in [5.41, 5.74) is 8.46. The summed E-state index contributed by atoms with van der Waals surface area (Å²) in [5.74, 6) is 1.66. The number of allylic oxidation sites excluding steroid dienone is 1. The van der Waals surface area contributed by atoms with E-state index in [2.05, 4.69) is 106 Å². The molecule has 0 aromatic heterocycles. The molecule has 0 radical (unpaired) electrons. The molecule has 0 unspecified atom stereocenters. The van der Waals surface area contributed by atoms with Crippen LogP contribution < -0.4 is 0 Å². The first kappa shape index (κ1) is 24.5. The highest BCUT2D eigenvalue weighted by Crippen LogP contribution is 2.34. The molecule has 0 spiro atoms. The lowest BCUT2D eigenvalue weighted by Gasteiger charge is -2.27. The zero-order chi connectivity index (χ0) is 24.0. The van der Waals surface area contributed by atoms with Crippen LogP contribution in [-0.2, 0) is 24.7 Å². The number of hydrogen-bond acceptors (Lipinski definition) is 0. The van der Waals surface area contributed by atoms with Crippen LogP contribution in [0.25, 0.3) is 0 Å². The summed E-state index contributed by atoms with van der Waals surface area (Å²) >= 11 is 0. The van der Waals surface area contributed by atoms with Crippen molar-refractivity contribution in [3.63, 3.8) is 0 Å². The van der Waals surface area contributed by atoms with Gasteiger partial charge in [-0.25, -0.2) is 0 Å². The number of aryl methyl sites for hydroxylation is 4. The average molecular weight is 451 g/mol. The first-order valence-electron chi connectivity index (χ1n) is 13.3. The van der Waals surface area contributed by atoms with Gasteiger partial charge >= 0.3 is 0 Å². The Bertz CT molecular complexity index is 1040. The maximum Gasteiger partial charge on any atom is 0.0146 e. The molecular weight excluding hydrogens is 408 g/mol. The van der Waals surface area contributed by atoms with Crippen LogP contribution in [0.3, 0.4) is 0 Å². The highest BCUT2D eigenvalue weighted by molar-refractivity contribution is 5.40. The van der Waals surface area contributed by atoms with Crippen molar-refractivity contribution in [2.75, 3.05) is 0 Å². The Morgan fingerprint density at radius 1 is 0.735 bits per heavy atom. The van der Waals surface area contributed by atoms with Gasteiger partial charge in [0.15, 0.2) is 0 Å². The summed E-state index contributed by atoms with van der Waals surface area (Å²) in [7, 11) is 0. The third-order valence-electron chi connectivity index (χ3n) is 8.20. The number of benzene rings is 3. The van der Waals surface area contributed by atoms with Crippen LogP contribution in [0.4, 0.5) is 0 Å². The van der Waals surface area contributed by atoms with Crippen molar-refractivity contribution in [3.8, 4) is 0 Å². The number of rotatable bonds is 9. The van der Waals surface area contributed by atoms with E-state index in [0.29, 0.717) is 0 Å². The summed E-state index contributed by atoms with van der Waals surface area (Å²) in [6, 6.07) is 27.6. The molecule has 0 N–H and O–H groups in total. The lowest BCUT2D eigenvalue weighted by Crippen LogP contribution is -2.19. The fraction of sp³-hybridized carbons (Fsp3) is 0.412. The van der Waals surface area contributed by atoms with E-state index in [4.69, 9.17) is 0 Å². The van der Waals surface area contributed by atoms with Gasteiger partial charge in [-0.3, -0.25) is 0 Å². The highest BCUT2D eigenvalue weighted by Gasteiger charge is 2.23. The van der Waals surface area contributed by atoms with Gasteiger partial charge in [0.25, 0.3) is 0 Å². The molecule has 3 aromatic carbocycles. The standard InChI is InChI=1S/C34H42/c1-5-27-9-11-28(12-10-27)13-14-29-17-21-32(22-18-29)34(3,4)33-23-19-30(20-24-33)15-16-31-8-6-7-26(2)25-31/h5-8,17-25,27-28H,1,9-16H2,2-4H3. The van der Waals surface area contributed by atoms with Gasteiger partial charge in [0.05, 0.1) is 0 Å². The summed E-state index contributed by atoms with van der Waals surface area (Å²) in [6.45, 7) is 10.8. The minimum atomic E-state index is 0.0106. The Balaban J connectivity index is 1.32. The number of hydrogen-bond donors (Lipinski definition) is 0. The molecule has 0 nitrogen and oxygen atoms in total. The van der Waals surface area contributed by atoms with Crippen molar-refractivity contribution < 1.29 is 0 Å². The van der Waals surface area contributed by atoms with Crippen molar-refractivity contribution in [2.45, 2.75) is 77.6 Å². The van der Waals surface area contributed by atoms with Crippen molar-refractivity contribution in [1.29, 1.82) is 0 Å². The van der Waals surface area contributed by atoms with Gasteiger partial charge in [-0.15, -0.1) is 6.58 Å². The lowest BCUT2D eigenvalue weighted by molar-refractivity contribution is 0.296. The second-order valence-electron chi connectivity index (χ2n) is 11.1. The molecule has 0 heterocycles. The molecule has 1 aliphatic carbocycles. The van der Waals surface area contributed by atoms with Gasteiger partial charge in [0, 0.05) is 5.41 Å². The van der Waals surface area contributed by atoms with Gasteiger partial charge in [-0.2, -0.15) is 0 Å². The van der Waals surface area contributed by atoms with Crippen LogP contribution in [0.2, 0.25) is 0 Å². The Kier molecular flexibility index (Phi) is 8.09. The molecular formula is C34H42. The predicted octanol–water partition coefficient (Wildman–Crippen LogP) is 9.03. The van der Waals surface area contributed by atoms with E-state index in [1.54, 1.807) is 0 Å². The van der Waals surface area contributed by atoms with Gasteiger partial charge < -0.3 is 0 Å². The first-order valence-corrected chi connectivity index (χ1v) is 13.3. The molecule has 0 heteroatoms. The fourth-order valence-corrected chi connectivity index (χ4v) is 5.58. The summed E-state index contributed by atoms with van der Waals surface area (Å²) < 4.78 is 0. The maximum absolute atomic E-state index is 3.98. The molecule has 0 bridgehead atoms. The molecule has 0 saturated heterocycles. The van der Waals surface area contributed by atoms with Crippen molar-refractivity contribution in [2.24, 2.45) is 11.8 Å². The van der Waals surface area contributed by atoms with E-state index >= 15 is 0 Å². The third-order valence-corrected chi connectivity index (χ3v) is 8.20. The lowest BCUT2D eigenvalue weighted by atomic mass is 9.77. The summed E-state index contributed by atoms with van der Waals surface area (Å²) in [5, 5.41) is 0. The molecule has 3 aromatic rings. The van der Waals surface area contributed by atoms with Crippen LogP contribution in [0.15, 0.2) is 85.5 Å². The van der Waals surface area contributed by atoms with Crippen LogP contribution in [0.5, 0.6) is 0 Å². The van der Waals surface area contributed by atoms with E-state index in [1.807, 2.05) is 0 Å². The average Bonchev–Trinajstić information content (AvgIpc) is 2.87. The van der Waals surface area contributed by atoms with Crippen LogP contribution >= 0.6 is 0 Å². The molecule has 4 rings (SSSR count). The van der Waals surface area contributed by atoms with Gasteiger partial charge in [0.1, 0.15) is 0 Å². The third kappa shape index (κ3) is 6.29. The Morgan fingerprint density at radius 2 is 1.29 bits per heavy atom. The molecule has 1 fully saturated rings. The minimum Gasteiger partial charge on any atom is -0.103 e. The molecule has 178 valence electrons. The molecule has 0 atom stereocenters. The first-order chi connectivity index (χ1) is 16.4. The van der Waals surface area contributed by atoms with E-state index in [1.165, 1.54) is 71.9 Å². The predicted molar refractivity (Wildman–Crippen MR) is 148 cm³/mol. The van der Waals surface area contributed by atoms with Crippen molar-refractivity contribution >= 4 is 0 Å². The molecule has 0 amide bonds. The van der Waals surface area contributed by atoms with E-state index in [-0.39, 0.29) is 5.41 Å². The SMILES string of the molecule is C=CC1CCC(CCc2ccc(C(C)(C)c3ccc(CCc4cccc(C)c4)cc3)cc2)CC1. The largest absolute Gasteiger partial charge is 0.103 e. The zero-order valence-electron chi connectivity index (χ0n) is 21.5. The normalized spacial score (nSPS) is 18.6. The monoisotopic (exact) mass is 450 g/mol. The summed E-state index contributed by atoms with van der Waals surface area (Å²) in [4.78, 5) is 0. The van der Waals surface area contributed by atoms with Crippen molar-refractivity contribution in [1.82, 2.24) is 0 Å². The Hall–Kier alpha value is -2.60. The Morgan fingerprint density at radius 3 is 1.85 bits per heavy atom. The van der Waals surface area contributed by atoms with Crippen LogP contribution in [0, 0.1) is 18.8 Å². The molecule has 1 saturated carbocycles. The van der Waals surface area contributed by atoms with Crippen molar-refractivity contribution in [3.05, 3.63) is 119 Å². The van der Waals surface area contributed by atoms with E-state index < -0.39 is 0 Å².